The highest BCUT2D eigenvalue weighted by atomic mass is 16.5. The quantitative estimate of drug-likeness (QED) is 0.372. The van der Waals surface area contributed by atoms with E-state index < -0.39 is 23.8 Å². The molecule has 0 atom stereocenters. The van der Waals surface area contributed by atoms with Crippen LogP contribution in [0.2, 0.25) is 0 Å². The maximum atomic E-state index is 11.8. The molecule has 2 rings (SSSR count). The maximum Gasteiger partial charge on any atom is 0.338 e. The van der Waals surface area contributed by atoms with E-state index in [9.17, 15) is 19.2 Å². The second-order valence-corrected chi connectivity index (χ2v) is 7.00. The van der Waals surface area contributed by atoms with Gasteiger partial charge >= 0.3 is 11.9 Å². The summed E-state index contributed by atoms with van der Waals surface area (Å²) in [5.41, 5.74) is 5.85. The van der Waals surface area contributed by atoms with Crippen LogP contribution in [0.5, 0.6) is 5.75 Å². The van der Waals surface area contributed by atoms with E-state index in [0.29, 0.717) is 24.3 Å². The van der Waals surface area contributed by atoms with E-state index in [0.717, 1.165) is 12.0 Å². The smallest absolute Gasteiger partial charge is 0.338 e. The van der Waals surface area contributed by atoms with E-state index in [2.05, 4.69) is 10.9 Å². The lowest BCUT2D eigenvalue weighted by Gasteiger charge is -2.09. The number of esters is 2. The van der Waals surface area contributed by atoms with Crippen molar-refractivity contribution in [3.05, 3.63) is 65.7 Å². The van der Waals surface area contributed by atoms with Gasteiger partial charge in [-0.1, -0.05) is 37.3 Å². The van der Waals surface area contributed by atoms with E-state index >= 15 is 0 Å². The minimum atomic E-state index is -0.583. The first-order valence-electron chi connectivity index (χ1n) is 10.6. The van der Waals surface area contributed by atoms with Gasteiger partial charge in [0.05, 0.1) is 25.2 Å². The standard InChI is InChI=1S/C24H28N2O7/c1-2-15-32-24(30)19-8-10-20(11-9-19)33-17-22(28)26-25-21(27)12-13-23(29)31-16-14-18-6-4-3-5-7-18/h3-11H,2,12-17H2,1H3,(H,25,27)(H,26,28). The number of ether oxygens (including phenoxy) is 3. The summed E-state index contributed by atoms with van der Waals surface area (Å²) in [5, 5.41) is 0. The van der Waals surface area contributed by atoms with Crippen molar-refractivity contribution in [1.29, 1.82) is 0 Å². The van der Waals surface area contributed by atoms with Crippen LogP contribution in [0.25, 0.3) is 0 Å². The maximum absolute atomic E-state index is 11.8. The van der Waals surface area contributed by atoms with Crippen molar-refractivity contribution in [2.45, 2.75) is 32.6 Å². The molecule has 0 saturated heterocycles. The number of hydrogen-bond donors (Lipinski definition) is 2. The lowest BCUT2D eigenvalue weighted by Crippen LogP contribution is -2.43. The zero-order valence-corrected chi connectivity index (χ0v) is 18.5. The van der Waals surface area contributed by atoms with E-state index in [4.69, 9.17) is 14.2 Å². The lowest BCUT2D eigenvalue weighted by molar-refractivity contribution is -0.145. The number of rotatable bonds is 12. The molecule has 9 heteroatoms. The van der Waals surface area contributed by atoms with Crippen LogP contribution in [0.1, 0.15) is 42.1 Å². The molecule has 0 aliphatic rings. The van der Waals surface area contributed by atoms with Crippen molar-refractivity contribution in [1.82, 2.24) is 10.9 Å². The molecule has 0 bridgehead atoms. The molecule has 2 aromatic carbocycles. The molecule has 2 N–H and O–H groups in total. The van der Waals surface area contributed by atoms with Crippen LogP contribution in [-0.4, -0.2) is 43.6 Å². The summed E-state index contributed by atoms with van der Waals surface area (Å²) in [6, 6.07) is 15.7. The zero-order chi connectivity index (χ0) is 23.9. The Morgan fingerprint density at radius 3 is 2.18 bits per heavy atom. The third-order valence-corrected chi connectivity index (χ3v) is 4.29. The molecule has 0 fully saturated rings. The van der Waals surface area contributed by atoms with Gasteiger partial charge in [0.2, 0.25) is 5.91 Å². The molecule has 0 aromatic heterocycles. The van der Waals surface area contributed by atoms with Crippen LogP contribution in [0, 0.1) is 0 Å². The van der Waals surface area contributed by atoms with Crippen LogP contribution >= 0.6 is 0 Å². The number of carbonyl (C=O) groups is 4. The van der Waals surface area contributed by atoms with Crippen molar-refractivity contribution < 1.29 is 33.4 Å². The molecule has 0 aliphatic carbocycles. The number of hydrogen-bond acceptors (Lipinski definition) is 7. The highest BCUT2D eigenvalue weighted by molar-refractivity contribution is 5.89. The third kappa shape index (κ3) is 10.3. The molecular formula is C24H28N2O7. The molecule has 0 spiro atoms. The highest BCUT2D eigenvalue weighted by Crippen LogP contribution is 2.13. The number of nitrogens with one attached hydrogen (secondary N) is 2. The summed E-state index contributed by atoms with van der Waals surface area (Å²) >= 11 is 0. The predicted octanol–water partition coefficient (Wildman–Crippen LogP) is 2.35. The second-order valence-electron chi connectivity index (χ2n) is 7.00. The molecule has 0 unspecified atom stereocenters. The summed E-state index contributed by atoms with van der Waals surface area (Å²) in [7, 11) is 0. The van der Waals surface area contributed by atoms with Crippen molar-refractivity contribution in [3.8, 4) is 5.75 Å². The number of carbonyl (C=O) groups excluding carboxylic acids is 4. The molecule has 0 saturated carbocycles. The van der Waals surface area contributed by atoms with Crippen molar-refractivity contribution in [3.63, 3.8) is 0 Å². The first kappa shape index (κ1) is 25.4. The molecule has 0 heterocycles. The Morgan fingerprint density at radius 1 is 0.788 bits per heavy atom. The van der Waals surface area contributed by atoms with Gasteiger partial charge in [0, 0.05) is 12.8 Å². The minimum absolute atomic E-state index is 0.0972. The average Bonchev–Trinajstić information content (AvgIpc) is 2.84. The number of amides is 2. The molecule has 2 amide bonds. The van der Waals surface area contributed by atoms with E-state index in [1.807, 2.05) is 37.3 Å². The first-order chi connectivity index (χ1) is 16.0. The van der Waals surface area contributed by atoms with Gasteiger partial charge in [0.25, 0.3) is 5.91 Å². The molecule has 33 heavy (non-hydrogen) atoms. The molecule has 9 nitrogen and oxygen atoms in total. The average molecular weight is 456 g/mol. The fourth-order valence-corrected chi connectivity index (χ4v) is 2.57. The van der Waals surface area contributed by atoms with E-state index in [-0.39, 0.29) is 26.1 Å². The van der Waals surface area contributed by atoms with Gasteiger partial charge in [0.1, 0.15) is 5.75 Å². The number of benzene rings is 2. The van der Waals surface area contributed by atoms with Gasteiger partial charge in [-0.3, -0.25) is 25.2 Å². The zero-order valence-electron chi connectivity index (χ0n) is 18.5. The Balaban J connectivity index is 1.57. The van der Waals surface area contributed by atoms with Gasteiger partial charge < -0.3 is 14.2 Å². The third-order valence-electron chi connectivity index (χ3n) is 4.29. The Kier molecular flexibility index (Phi) is 10.9. The van der Waals surface area contributed by atoms with Gasteiger partial charge in [-0.15, -0.1) is 0 Å². The van der Waals surface area contributed by atoms with Crippen molar-refractivity contribution in [2.24, 2.45) is 0 Å². The summed E-state index contributed by atoms with van der Waals surface area (Å²) in [6.45, 7) is 2.14. The summed E-state index contributed by atoms with van der Waals surface area (Å²) < 4.78 is 15.4. The van der Waals surface area contributed by atoms with Gasteiger partial charge in [0.15, 0.2) is 6.61 Å². The van der Waals surface area contributed by atoms with Crippen LogP contribution in [0.15, 0.2) is 54.6 Å². The van der Waals surface area contributed by atoms with E-state index in [1.165, 1.54) is 24.3 Å². The molecule has 176 valence electrons. The fraction of sp³-hybridized carbons (Fsp3) is 0.333. The Morgan fingerprint density at radius 2 is 1.48 bits per heavy atom. The molecule has 0 aliphatic heterocycles. The second kappa shape index (κ2) is 14.2. The molecule has 2 aromatic rings. The summed E-state index contributed by atoms with van der Waals surface area (Å²) in [5.74, 6) is -1.65. The number of hydrazine groups is 1. The van der Waals surface area contributed by atoms with Crippen LogP contribution < -0.4 is 15.6 Å². The monoisotopic (exact) mass is 456 g/mol. The summed E-state index contributed by atoms with van der Waals surface area (Å²) in [4.78, 5) is 47.0. The normalized spacial score (nSPS) is 10.1. The minimum Gasteiger partial charge on any atom is -0.484 e. The van der Waals surface area contributed by atoms with Gasteiger partial charge in [-0.05, 0) is 36.2 Å². The Hall–Kier alpha value is -3.88. The topological polar surface area (TPSA) is 120 Å². The van der Waals surface area contributed by atoms with Gasteiger partial charge in [-0.2, -0.15) is 0 Å². The van der Waals surface area contributed by atoms with Gasteiger partial charge in [-0.25, -0.2) is 4.79 Å². The van der Waals surface area contributed by atoms with E-state index in [1.54, 1.807) is 0 Å². The van der Waals surface area contributed by atoms with Crippen molar-refractivity contribution in [2.75, 3.05) is 19.8 Å². The first-order valence-corrected chi connectivity index (χ1v) is 10.6. The predicted molar refractivity (Wildman–Crippen MR) is 119 cm³/mol. The fourth-order valence-electron chi connectivity index (χ4n) is 2.57. The molecular weight excluding hydrogens is 428 g/mol. The van der Waals surface area contributed by atoms with Crippen molar-refractivity contribution >= 4 is 23.8 Å². The lowest BCUT2D eigenvalue weighted by atomic mass is 10.2. The summed E-state index contributed by atoms with van der Waals surface area (Å²) in [6.07, 6.45) is 1.11. The Bertz CT molecular complexity index is 914. The molecule has 0 radical (unpaired) electrons. The van der Waals surface area contributed by atoms with Crippen LogP contribution in [0.4, 0.5) is 0 Å². The van der Waals surface area contributed by atoms with Crippen LogP contribution in [0.3, 0.4) is 0 Å². The van der Waals surface area contributed by atoms with Crippen LogP contribution in [-0.2, 0) is 30.3 Å². The largest absolute Gasteiger partial charge is 0.484 e. The SMILES string of the molecule is CCCOC(=O)c1ccc(OCC(=O)NNC(=O)CCC(=O)OCCc2ccccc2)cc1. The Labute approximate surface area is 192 Å². The highest BCUT2D eigenvalue weighted by Gasteiger charge is 2.11.